The maximum Gasteiger partial charge on any atom is 0.341 e. The molecule has 3 aromatic rings. The first kappa shape index (κ1) is 25.3. The van der Waals surface area contributed by atoms with E-state index in [9.17, 15) is 9.59 Å². The van der Waals surface area contributed by atoms with Crippen molar-refractivity contribution in [3.63, 3.8) is 0 Å². The highest BCUT2D eigenvalue weighted by atomic mass is 32.1. The minimum atomic E-state index is -0.486. The number of thiophene rings is 1. The first-order valence-corrected chi connectivity index (χ1v) is 12.0. The standard InChI is InChI=1S/C26H30N2O5S/c1-5-28(15-18-10-8-7-9-11-18)16-23(29)27-25-24(26(30)33-6-2)20(17-34-25)19-12-13-21(31-3)22(14-19)32-4/h7-14,17H,5-6,15-16H2,1-4H3,(H,27,29). The number of methoxy groups -OCH3 is 2. The maximum absolute atomic E-state index is 12.9. The Morgan fingerprint density at radius 1 is 1.00 bits per heavy atom. The van der Waals surface area contributed by atoms with Gasteiger partial charge in [0.2, 0.25) is 5.91 Å². The molecule has 0 unspecified atom stereocenters. The van der Waals surface area contributed by atoms with Gasteiger partial charge in [0.25, 0.3) is 0 Å². The van der Waals surface area contributed by atoms with Crippen LogP contribution in [-0.4, -0.2) is 50.7 Å². The first-order chi connectivity index (χ1) is 16.5. The van der Waals surface area contributed by atoms with E-state index in [4.69, 9.17) is 14.2 Å². The zero-order chi connectivity index (χ0) is 24.5. The number of nitrogens with one attached hydrogen (secondary N) is 1. The number of hydrogen-bond donors (Lipinski definition) is 1. The third kappa shape index (κ3) is 6.15. The van der Waals surface area contributed by atoms with E-state index >= 15 is 0 Å². The van der Waals surface area contributed by atoms with Crippen molar-refractivity contribution in [3.05, 3.63) is 65.0 Å². The van der Waals surface area contributed by atoms with E-state index in [0.29, 0.717) is 40.7 Å². The molecule has 1 N–H and O–H groups in total. The molecule has 0 aliphatic rings. The number of rotatable bonds is 11. The smallest absolute Gasteiger partial charge is 0.341 e. The van der Waals surface area contributed by atoms with E-state index in [1.54, 1.807) is 33.3 Å². The second kappa shape index (κ2) is 12.2. The van der Waals surface area contributed by atoms with Gasteiger partial charge in [-0.15, -0.1) is 11.3 Å². The largest absolute Gasteiger partial charge is 0.493 e. The molecule has 34 heavy (non-hydrogen) atoms. The first-order valence-electron chi connectivity index (χ1n) is 11.1. The van der Waals surface area contributed by atoms with E-state index in [-0.39, 0.29) is 19.1 Å². The predicted molar refractivity (Wildman–Crippen MR) is 135 cm³/mol. The van der Waals surface area contributed by atoms with Crippen LogP contribution in [0.1, 0.15) is 29.8 Å². The molecule has 0 aliphatic carbocycles. The van der Waals surface area contributed by atoms with Crippen molar-refractivity contribution < 1.29 is 23.8 Å². The molecule has 1 heterocycles. The summed E-state index contributed by atoms with van der Waals surface area (Å²) >= 11 is 1.29. The van der Waals surface area contributed by atoms with Gasteiger partial charge in [-0.05, 0) is 36.7 Å². The Labute approximate surface area is 204 Å². The zero-order valence-corrected chi connectivity index (χ0v) is 20.7. The van der Waals surface area contributed by atoms with E-state index in [1.807, 2.05) is 53.6 Å². The molecule has 180 valence electrons. The number of carbonyl (C=O) groups excluding carboxylic acids is 2. The third-order valence-corrected chi connectivity index (χ3v) is 6.18. The number of amides is 1. The zero-order valence-electron chi connectivity index (χ0n) is 19.9. The summed E-state index contributed by atoms with van der Waals surface area (Å²) in [6.45, 7) is 5.58. The Morgan fingerprint density at radius 2 is 1.74 bits per heavy atom. The van der Waals surface area contributed by atoms with Gasteiger partial charge in [0.1, 0.15) is 10.6 Å². The van der Waals surface area contributed by atoms with Crippen LogP contribution < -0.4 is 14.8 Å². The fraction of sp³-hybridized carbons (Fsp3) is 0.308. The molecular formula is C26H30N2O5S. The van der Waals surface area contributed by atoms with Crippen LogP contribution in [0.3, 0.4) is 0 Å². The van der Waals surface area contributed by atoms with Gasteiger partial charge in [-0.2, -0.15) is 0 Å². The number of carbonyl (C=O) groups is 2. The second-order valence-electron chi connectivity index (χ2n) is 7.48. The monoisotopic (exact) mass is 482 g/mol. The van der Waals surface area contributed by atoms with Gasteiger partial charge in [-0.1, -0.05) is 43.3 Å². The number of benzene rings is 2. The summed E-state index contributed by atoms with van der Waals surface area (Å²) in [4.78, 5) is 27.8. The minimum absolute atomic E-state index is 0.191. The van der Waals surface area contributed by atoms with Crippen molar-refractivity contribution in [2.75, 3.05) is 39.2 Å². The van der Waals surface area contributed by atoms with Crippen molar-refractivity contribution in [2.45, 2.75) is 20.4 Å². The maximum atomic E-state index is 12.9. The van der Waals surface area contributed by atoms with Crippen molar-refractivity contribution in [3.8, 4) is 22.6 Å². The summed E-state index contributed by atoms with van der Waals surface area (Å²) in [6, 6.07) is 15.4. The molecule has 2 aromatic carbocycles. The highest BCUT2D eigenvalue weighted by molar-refractivity contribution is 7.15. The average Bonchev–Trinajstić information content (AvgIpc) is 3.27. The van der Waals surface area contributed by atoms with Gasteiger partial charge in [0.15, 0.2) is 11.5 Å². The molecule has 1 aromatic heterocycles. The van der Waals surface area contributed by atoms with Crippen LogP contribution in [0, 0.1) is 0 Å². The van der Waals surface area contributed by atoms with Crippen molar-refractivity contribution >= 4 is 28.2 Å². The summed E-state index contributed by atoms with van der Waals surface area (Å²) in [6.07, 6.45) is 0. The van der Waals surface area contributed by atoms with Crippen molar-refractivity contribution in [1.29, 1.82) is 0 Å². The molecule has 0 atom stereocenters. The number of nitrogens with zero attached hydrogens (tertiary/aromatic N) is 1. The van der Waals surface area contributed by atoms with Crippen molar-refractivity contribution in [1.82, 2.24) is 4.90 Å². The highest BCUT2D eigenvalue weighted by Crippen LogP contribution is 2.39. The summed E-state index contributed by atoms with van der Waals surface area (Å²) < 4.78 is 16.0. The second-order valence-corrected chi connectivity index (χ2v) is 8.36. The summed E-state index contributed by atoms with van der Waals surface area (Å²) in [7, 11) is 3.12. The van der Waals surface area contributed by atoms with Gasteiger partial charge in [0.05, 0.1) is 27.4 Å². The van der Waals surface area contributed by atoms with Gasteiger partial charge < -0.3 is 19.5 Å². The van der Waals surface area contributed by atoms with Crippen LogP contribution in [0.4, 0.5) is 5.00 Å². The molecule has 8 heteroatoms. The molecule has 0 spiro atoms. The normalized spacial score (nSPS) is 10.7. The molecule has 1 amide bonds. The van der Waals surface area contributed by atoms with Crippen LogP contribution in [0.25, 0.3) is 11.1 Å². The van der Waals surface area contributed by atoms with Crippen LogP contribution in [0.2, 0.25) is 0 Å². The molecule has 0 radical (unpaired) electrons. The lowest BCUT2D eigenvalue weighted by atomic mass is 10.0. The summed E-state index contributed by atoms with van der Waals surface area (Å²) in [5.74, 6) is 0.460. The van der Waals surface area contributed by atoms with Gasteiger partial charge in [-0.3, -0.25) is 9.69 Å². The van der Waals surface area contributed by atoms with E-state index in [1.165, 1.54) is 11.3 Å². The minimum Gasteiger partial charge on any atom is -0.493 e. The number of likely N-dealkylation sites (N-methyl/N-ethyl adjacent to an activating group) is 1. The lowest BCUT2D eigenvalue weighted by Crippen LogP contribution is -2.32. The molecule has 0 saturated heterocycles. The SMILES string of the molecule is CCOC(=O)c1c(-c2ccc(OC)c(OC)c2)csc1NC(=O)CN(CC)Cc1ccccc1. The fourth-order valence-corrected chi connectivity index (χ4v) is 4.54. The molecule has 3 rings (SSSR count). The third-order valence-electron chi connectivity index (χ3n) is 5.28. The fourth-order valence-electron chi connectivity index (χ4n) is 3.56. The number of anilines is 1. The molecule has 0 saturated carbocycles. The molecule has 0 aliphatic heterocycles. The lowest BCUT2D eigenvalue weighted by Gasteiger charge is -2.20. The topological polar surface area (TPSA) is 77.1 Å². The molecule has 0 bridgehead atoms. The Hall–Kier alpha value is -3.36. The number of ether oxygens (including phenoxy) is 3. The van der Waals surface area contributed by atoms with Crippen LogP contribution >= 0.6 is 11.3 Å². The average molecular weight is 483 g/mol. The van der Waals surface area contributed by atoms with Crippen LogP contribution in [0.15, 0.2) is 53.9 Å². The summed E-state index contributed by atoms with van der Waals surface area (Å²) in [5, 5.41) is 5.22. The Balaban J connectivity index is 1.84. The summed E-state index contributed by atoms with van der Waals surface area (Å²) in [5.41, 5.74) is 2.89. The predicted octanol–water partition coefficient (Wildman–Crippen LogP) is 5.07. The van der Waals surface area contributed by atoms with Crippen LogP contribution in [-0.2, 0) is 16.1 Å². The molecule has 7 nitrogen and oxygen atoms in total. The molecular weight excluding hydrogens is 452 g/mol. The van der Waals surface area contributed by atoms with Gasteiger partial charge >= 0.3 is 5.97 Å². The van der Waals surface area contributed by atoms with E-state index in [0.717, 1.165) is 11.1 Å². The Bertz CT molecular complexity index is 1110. The van der Waals surface area contributed by atoms with Crippen molar-refractivity contribution in [2.24, 2.45) is 0 Å². The van der Waals surface area contributed by atoms with Crippen LogP contribution in [0.5, 0.6) is 11.5 Å². The Kier molecular flexibility index (Phi) is 9.07. The van der Waals surface area contributed by atoms with E-state index in [2.05, 4.69) is 5.32 Å². The van der Waals surface area contributed by atoms with Gasteiger partial charge in [-0.25, -0.2) is 4.79 Å². The molecule has 0 fully saturated rings. The highest BCUT2D eigenvalue weighted by Gasteiger charge is 2.24. The number of hydrogen-bond acceptors (Lipinski definition) is 7. The Morgan fingerprint density at radius 3 is 2.38 bits per heavy atom. The lowest BCUT2D eigenvalue weighted by molar-refractivity contribution is -0.117. The van der Waals surface area contributed by atoms with Gasteiger partial charge in [0, 0.05) is 17.5 Å². The van der Waals surface area contributed by atoms with E-state index < -0.39 is 5.97 Å². The number of esters is 1. The quantitative estimate of drug-likeness (QED) is 0.385.